The Balaban J connectivity index is 1.78. The molecule has 0 fully saturated rings. The Labute approximate surface area is 169 Å². The van der Waals surface area contributed by atoms with Crippen molar-refractivity contribution in [1.29, 1.82) is 0 Å². The van der Waals surface area contributed by atoms with E-state index in [2.05, 4.69) is 10.0 Å². The Hall–Kier alpha value is -2.97. The summed E-state index contributed by atoms with van der Waals surface area (Å²) in [5.41, 5.74) is 3.95. The molecule has 0 saturated heterocycles. The summed E-state index contributed by atoms with van der Waals surface area (Å²) in [4.78, 5) is 11.2. The molecule has 1 amide bonds. The van der Waals surface area contributed by atoms with Crippen LogP contribution in [-0.4, -0.2) is 18.9 Å². The predicted octanol–water partition coefficient (Wildman–Crippen LogP) is 3.67. The third-order valence-electron chi connectivity index (χ3n) is 4.56. The number of aromatic nitrogens is 1. The van der Waals surface area contributed by atoms with E-state index in [0.29, 0.717) is 5.69 Å². The predicted molar refractivity (Wildman–Crippen MR) is 110 cm³/mol. The van der Waals surface area contributed by atoms with Crippen LogP contribution in [0.5, 0.6) is 0 Å². The second-order valence-electron chi connectivity index (χ2n) is 6.74. The molecule has 0 radical (unpaired) electrons. The van der Waals surface area contributed by atoms with Crippen molar-refractivity contribution in [1.82, 2.24) is 9.29 Å². The molecule has 0 aliphatic carbocycles. The maximum absolute atomic E-state index is 13.2. The van der Waals surface area contributed by atoms with Gasteiger partial charge in [0.1, 0.15) is 5.82 Å². The number of sulfonamides is 1. The molecule has 0 spiro atoms. The highest BCUT2D eigenvalue weighted by molar-refractivity contribution is 7.89. The van der Waals surface area contributed by atoms with Crippen LogP contribution in [-0.2, 0) is 21.4 Å². The first-order valence-corrected chi connectivity index (χ1v) is 10.5. The number of halogens is 1. The third kappa shape index (κ3) is 4.72. The van der Waals surface area contributed by atoms with Crippen LogP contribution in [0.1, 0.15) is 23.9 Å². The minimum atomic E-state index is -3.72. The lowest BCUT2D eigenvalue weighted by Crippen LogP contribution is -2.23. The number of amides is 1. The summed E-state index contributed by atoms with van der Waals surface area (Å²) >= 11 is 0. The molecule has 6 nitrogen and oxygen atoms in total. The van der Waals surface area contributed by atoms with Gasteiger partial charge in [0.25, 0.3) is 0 Å². The average molecular weight is 415 g/mol. The highest BCUT2D eigenvalue weighted by atomic mass is 32.2. The zero-order valence-corrected chi connectivity index (χ0v) is 17.2. The highest BCUT2D eigenvalue weighted by Crippen LogP contribution is 2.22. The number of benzene rings is 2. The van der Waals surface area contributed by atoms with Crippen LogP contribution in [0.4, 0.5) is 10.1 Å². The van der Waals surface area contributed by atoms with Crippen molar-refractivity contribution in [2.24, 2.45) is 0 Å². The van der Waals surface area contributed by atoms with Gasteiger partial charge in [-0.2, -0.15) is 0 Å². The molecule has 0 saturated carbocycles. The highest BCUT2D eigenvalue weighted by Gasteiger charge is 2.17. The number of rotatable bonds is 6. The summed E-state index contributed by atoms with van der Waals surface area (Å²) in [6.45, 7) is 5.31. The third-order valence-corrected chi connectivity index (χ3v) is 5.98. The quantitative estimate of drug-likeness (QED) is 0.645. The Morgan fingerprint density at radius 3 is 2.24 bits per heavy atom. The smallest absolute Gasteiger partial charge is 0.240 e. The van der Waals surface area contributed by atoms with Gasteiger partial charge in [-0.25, -0.2) is 17.5 Å². The monoisotopic (exact) mass is 415 g/mol. The molecular weight excluding hydrogens is 393 g/mol. The van der Waals surface area contributed by atoms with E-state index in [0.717, 1.165) is 22.6 Å². The molecule has 0 aliphatic heterocycles. The van der Waals surface area contributed by atoms with E-state index in [9.17, 15) is 17.6 Å². The SMILES string of the molecule is CC(=O)Nc1ccc(S(=O)(=O)NCc2cc(C)n(-c3ccc(F)cc3)c2C)cc1. The summed E-state index contributed by atoms with van der Waals surface area (Å²) in [5.74, 6) is -0.538. The average Bonchev–Trinajstić information content (AvgIpc) is 2.94. The van der Waals surface area contributed by atoms with E-state index in [1.807, 2.05) is 24.5 Å². The summed E-state index contributed by atoms with van der Waals surface area (Å²) in [6.07, 6.45) is 0. The number of carbonyl (C=O) groups excluding carboxylic acids is 1. The van der Waals surface area contributed by atoms with Gasteiger partial charge in [0.15, 0.2) is 0 Å². The van der Waals surface area contributed by atoms with Gasteiger partial charge in [0.2, 0.25) is 15.9 Å². The molecular formula is C21H22FN3O3S. The Kier molecular flexibility index (Phi) is 5.86. The maximum Gasteiger partial charge on any atom is 0.240 e. The fourth-order valence-corrected chi connectivity index (χ4v) is 4.18. The van der Waals surface area contributed by atoms with E-state index in [1.165, 1.54) is 43.3 Å². The lowest BCUT2D eigenvalue weighted by molar-refractivity contribution is -0.114. The number of aryl methyl sites for hydroxylation is 1. The Bertz CT molecular complexity index is 1140. The lowest BCUT2D eigenvalue weighted by Gasteiger charge is -2.11. The van der Waals surface area contributed by atoms with Gasteiger partial charge in [-0.1, -0.05) is 0 Å². The number of hydrogen-bond acceptors (Lipinski definition) is 3. The first-order valence-electron chi connectivity index (χ1n) is 8.98. The minimum absolute atomic E-state index is 0.110. The van der Waals surface area contributed by atoms with E-state index in [1.54, 1.807) is 12.1 Å². The maximum atomic E-state index is 13.2. The fourth-order valence-electron chi connectivity index (χ4n) is 3.17. The number of anilines is 1. The summed E-state index contributed by atoms with van der Waals surface area (Å²) in [5, 5.41) is 2.60. The molecule has 3 rings (SSSR count). The summed E-state index contributed by atoms with van der Waals surface area (Å²) in [7, 11) is -3.72. The fraction of sp³-hybridized carbons (Fsp3) is 0.190. The standard InChI is InChI=1S/C21H22FN3O3S/c1-14-12-17(15(2)25(14)20-8-4-18(22)5-9-20)13-23-29(27,28)21-10-6-19(7-11-21)24-16(3)26/h4-12,23H,13H2,1-3H3,(H,24,26). The van der Waals surface area contributed by atoms with Gasteiger partial charge in [-0.3, -0.25) is 4.79 Å². The molecule has 2 N–H and O–H groups in total. The van der Waals surface area contributed by atoms with Crippen molar-refractivity contribution in [2.45, 2.75) is 32.2 Å². The van der Waals surface area contributed by atoms with Crippen LogP contribution in [0, 0.1) is 19.7 Å². The van der Waals surface area contributed by atoms with Crippen LogP contribution in [0.25, 0.3) is 5.69 Å². The Morgan fingerprint density at radius 1 is 1.03 bits per heavy atom. The van der Waals surface area contributed by atoms with Crippen LogP contribution >= 0.6 is 0 Å². The van der Waals surface area contributed by atoms with Gasteiger partial charge >= 0.3 is 0 Å². The molecule has 0 bridgehead atoms. The minimum Gasteiger partial charge on any atom is -0.326 e. The van der Waals surface area contributed by atoms with Gasteiger partial charge in [0.05, 0.1) is 4.90 Å². The van der Waals surface area contributed by atoms with Crippen molar-refractivity contribution < 1.29 is 17.6 Å². The van der Waals surface area contributed by atoms with Gasteiger partial charge < -0.3 is 9.88 Å². The Morgan fingerprint density at radius 2 is 1.66 bits per heavy atom. The molecule has 2 aromatic carbocycles. The molecule has 1 heterocycles. The largest absolute Gasteiger partial charge is 0.326 e. The second-order valence-corrected chi connectivity index (χ2v) is 8.51. The number of nitrogens with one attached hydrogen (secondary N) is 2. The first kappa shape index (κ1) is 20.8. The van der Waals surface area contributed by atoms with Crippen molar-refractivity contribution in [2.75, 3.05) is 5.32 Å². The van der Waals surface area contributed by atoms with Gasteiger partial charge in [-0.05, 0) is 74.0 Å². The number of nitrogens with zero attached hydrogens (tertiary/aromatic N) is 1. The molecule has 1 aromatic heterocycles. The summed E-state index contributed by atoms with van der Waals surface area (Å²) in [6, 6.07) is 14.0. The van der Waals surface area contributed by atoms with E-state index < -0.39 is 10.0 Å². The molecule has 8 heteroatoms. The van der Waals surface area contributed by atoms with Crippen LogP contribution < -0.4 is 10.0 Å². The van der Waals surface area contributed by atoms with E-state index in [-0.39, 0.29) is 23.2 Å². The van der Waals surface area contributed by atoms with Crippen molar-refractivity contribution in [3.63, 3.8) is 0 Å². The van der Waals surface area contributed by atoms with Gasteiger partial charge in [-0.15, -0.1) is 0 Å². The second kappa shape index (κ2) is 8.18. The molecule has 0 unspecified atom stereocenters. The van der Waals surface area contributed by atoms with Crippen LogP contribution in [0.2, 0.25) is 0 Å². The molecule has 152 valence electrons. The molecule has 0 atom stereocenters. The van der Waals surface area contributed by atoms with Crippen molar-refractivity contribution in [3.05, 3.63) is 77.4 Å². The number of hydrogen-bond donors (Lipinski definition) is 2. The zero-order valence-electron chi connectivity index (χ0n) is 16.4. The van der Waals surface area contributed by atoms with Crippen molar-refractivity contribution >= 4 is 21.6 Å². The van der Waals surface area contributed by atoms with E-state index in [4.69, 9.17) is 0 Å². The normalized spacial score (nSPS) is 11.4. The van der Waals surface area contributed by atoms with E-state index >= 15 is 0 Å². The topological polar surface area (TPSA) is 80.2 Å². The lowest BCUT2D eigenvalue weighted by atomic mass is 10.2. The van der Waals surface area contributed by atoms with Gasteiger partial charge in [0, 0.05) is 36.2 Å². The summed E-state index contributed by atoms with van der Waals surface area (Å²) < 4.78 is 43.0. The zero-order chi connectivity index (χ0) is 21.2. The first-order chi connectivity index (χ1) is 13.7. The van der Waals surface area contributed by atoms with Crippen LogP contribution in [0.15, 0.2) is 59.5 Å². The molecule has 0 aliphatic rings. The molecule has 29 heavy (non-hydrogen) atoms. The number of carbonyl (C=O) groups is 1. The molecule has 3 aromatic rings. The van der Waals surface area contributed by atoms with Crippen molar-refractivity contribution in [3.8, 4) is 5.69 Å². The van der Waals surface area contributed by atoms with Crippen LogP contribution in [0.3, 0.4) is 0 Å².